The van der Waals surface area contributed by atoms with E-state index in [4.69, 9.17) is 5.11 Å². The third-order valence-corrected chi connectivity index (χ3v) is 2.69. The Labute approximate surface area is 94.0 Å². The van der Waals surface area contributed by atoms with E-state index in [0.717, 1.165) is 32.7 Å². The smallest absolute Gasteiger partial charge is 0.337 e. The van der Waals surface area contributed by atoms with Gasteiger partial charge in [0, 0.05) is 0 Å². The molecule has 0 radical (unpaired) electrons. The minimum Gasteiger partial charge on any atom is -0.479 e. The molecule has 6 heteroatoms. The molecule has 1 aliphatic rings. The zero-order chi connectivity index (χ0) is 12.2. The van der Waals surface area contributed by atoms with Gasteiger partial charge in [-0.25, -0.2) is 4.79 Å². The largest absolute Gasteiger partial charge is 0.479 e. The van der Waals surface area contributed by atoms with E-state index in [9.17, 15) is 14.7 Å². The molecule has 2 atom stereocenters. The number of carbonyl (C=O) groups is 2. The van der Waals surface area contributed by atoms with E-state index in [2.05, 4.69) is 10.6 Å². The fourth-order valence-electron chi connectivity index (χ4n) is 1.53. The molecule has 16 heavy (non-hydrogen) atoms. The fourth-order valence-corrected chi connectivity index (χ4v) is 1.53. The summed E-state index contributed by atoms with van der Waals surface area (Å²) in [7, 11) is 0. The molecule has 1 fully saturated rings. The van der Waals surface area contributed by atoms with Crippen molar-refractivity contribution in [3.05, 3.63) is 0 Å². The van der Waals surface area contributed by atoms with Gasteiger partial charge in [-0.15, -0.1) is 0 Å². The number of aliphatic hydroxyl groups is 1. The summed E-state index contributed by atoms with van der Waals surface area (Å²) in [5, 5.41) is 23.5. The lowest BCUT2D eigenvalue weighted by Crippen LogP contribution is -2.52. The molecule has 0 aliphatic carbocycles. The SMILES string of the molecule is CC(O)(CNC(=O)C1CCCCN1)C(=O)O. The number of aliphatic carboxylic acids is 1. The van der Waals surface area contributed by atoms with Gasteiger partial charge in [-0.05, 0) is 26.3 Å². The maximum atomic E-state index is 11.6. The summed E-state index contributed by atoms with van der Waals surface area (Å²) in [5.74, 6) is -1.59. The zero-order valence-electron chi connectivity index (χ0n) is 9.32. The normalized spacial score (nSPS) is 24.5. The van der Waals surface area contributed by atoms with E-state index in [0.29, 0.717) is 0 Å². The zero-order valence-corrected chi connectivity index (χ0v) is 9.32. The van der Waals surface area contributed by atoms with Gasteiger partial charge < -0.3 is 20.8 Å². The van der Waals surface area contributed by atoms with E-state index in [1.807, 2.05) is 0 Å². The van der Waals surface area contributed by atoms with Crippen LogP contribution in [0.1, 0.15) is 26.2 Å². The Morgan fingerprint density at radius 3 is 2.69 bits per heavy atom. The third-order valence-electron chi connectivity index (χ3n) is 2.69. The van der Waals surface area contributed by atoms with Crippen LogP contribution in [0.5, 0.6) is 0 Å². The van der Waals surface area contributed by atoms with Crippen LogP contribution in [0, 0.1) is 0 Å². The van der Waals surface area contributed by atoms with Gasteiger partial charge in [0.15, 0.2) is 5.60 Å². The highest BCUT2D eigenvalue weighted by Crippen LogP contribution is 2.07. The van der Waals surface area contributed by atoms with Crippen molar-refractivity contribution in [2.45, 2.75) is 37.8 Å². The van der Waals surface area contributed by atoms with Crippen molar-refractivity contribution in [2.75, 3.05) is 13.1 Å². The fraction of sp³-hybridized carbons (Fsp3) is 0.800. The minimum atomic E-state index is -1.91. The van der Waals surface area contributed by atoms with Crippen LogP contribution < -0.4 is 10.6 Å². The van der Waals surface area contributed by atoms with Gasteiger partial charge in [0.05, 0.1) is 12.6 Å². The molecule has 0 aromatic heterocycles. The number of rotatable bonds is 4. The summed E-state index contributed by atoms with van der Waals surface area (Å²) in [4.78, 5) is 22.2. The van der Waals surface area contributed by atoms with Gasteiger partial charge in [-0.2, -0.15) is 0 Å². The molecular weight excluding hydrogens is 212 g/mol. The highest BCUT2D eigenvalue weighted by atomic mass is 16.4. The van der Waals surface area contributed by atoms with Crippen LogP contribution in [-0.4, -0.2) is 46.8 Å². The van der Waals surface area contributed by atoms with Crippen LogP contribution in [0.3, 0.4) is 0 Å². The van der Waals surface area contributed by atoms with Crippen molar-refractivity contribution in [2.24, 2.45) is 0 Å². The second kappa shape index (κ2) is 5.27. The monoisotopic (exact) mass is 230 g/mol. The molecule has 92 valence electrons. The molecule has 2 unspecified atom stereocenters. The summed E-state index contributed by atoms with van der Waals surface area (Å²) < 4.78 is 0. The molecule has 1 heterocycles. The second-order valence-corrected chi connectivity index (χ2v) is 4.30. The van der Waals surface area contributed by atoms with Crippen LogP contribution in [0.4, 0.5) is 0 Å². The standard InChI is InChI=1S/C10H18N2O4/c1-10(16,9(14)15)6-12-8(13)7-4-2-3-5-11-7/h7,11,16H,2-6H2,1H3,(H,12,13)(H,14,15). The van der Waals surface area contributed by atoms with E-state index < -0.39 is 11.6 Å². The van der Waals surface area contributed by atoms with Gasteiger partial charge in [0.1, 0.15) is 0 Å². The number of carbonyl (C=O) groups excluding carboxylic acids is 1. The van der Waals surface area contributed by atoms with Gasteiger partial charge >= 0.3 is 5.97 Å². The Hall–Kier alpha value is -1.14. The van der Waals surface area contributed by atoms with Gasteiger partial charge in [-0.3, -0.25) is 4.79 Å². The van der Waals surface area contributed by atoms with Crippen LogP contribution in [0.25, 0.3) is 0 Å². The Kier molecular flexibility index (Phi) is 4.26. The molecule has 1 saturated heterocycles. The Bertz CT molecular complexity index is 272. The number of hydrogen-bond acceptors (Lipinski definition) is 4. The number of amides is 1. The molecule has 1 amide bonds. The van der Waals surface area contributed by atoms with Gasteiger partial charge in [-0.1, -0.05) is 6.42 Å². The number of carboxylic acid groups (broad SMARTS) is 1. The number of piperidine rings is 1. The van der Waals surface area contributed by atoms with Crippen molar-refractivity contribution in [1.82, 2.24) is 10.6 Å². The van der Waals surface area contributed by atoms with Crippen LogP contribution >= 0.6 is 0 Å². The summed E-state index contributed by atoms with van der Waals surface area (Å²) in [6.45, 7) is 1.68. The predicted octanol–water partition coefficient (Wildman–Crippen LogP) is -0.920. The number of nitrogens with one attached hydrogen (secondary N) is 2. The number of hydrogen-bond donors (Lipinski definition) is 4. The lowest BCUT2D eigenvalue weighted by molar-refractivity contribution is -0.156. The van der Waals surface area contributed by atoms with Crippen molar-refractivity contribution in [3.63, 3.8) is 0 Å². The molecular formula is C10H18N2O4. The average Bonchev–Trinajstić information content (AvgIpc) is 2.27. The van der Waals surface area contributed by atoms with Crippen molar-refractivity contribution in [1.29, 1.82) is 0 Å². The van der Waals surface area contributed by atoms with Gasteiger partial charge in [0.2, 0.25) is 5.91 Å². The first-order valence-electron chi connectivity index (χ1n) is 5.40. The quantitative estimate of drug-likeness (QED) is 0.500. The predicted molar refractivity (Wildman–Crippen MR) is 56.9 cm³/mol. The Morgan fingerprint density at radius 1 is 1.50 bits per heavy atom. The highest BCUT2D eigenvalue weighted by molar-refractivity contribution is 5.83. The summed E-state index contributed by atoms with van der Waals surface area (Å²) >= 11 is 0. The van der Waals surface area contributed by atoms with Crippen LogP contribution in [-0.2, 0) is 9.59 Å². The average molecular weight is 230 g/mol. The second-order valence-electron chi connectivity index (χ2n) is 4.30. The number of carboxylic acids is 1. The van der Waals surface area contributed by atoms with Crippen LogP contribution in [0.2, 0.25) is 0 Å². The minimum absolute atomic E-state index is 0.249. The summed E-state index contributed by atoms with van der Waals surface area (Å²) in [6, 6.07) is -0.265. The topological polar surface area (TPSA) is 98.7 Å². The Balaban J connectivity index is 2.37. The summed E-state index contributed by atoms with van der Waals surface area (Å²) in [6.07, 6.45) is 2.79. The Morgan fingerprint density at radius 2 is 2.19 bits per heavy atom. The maximum absolute atomic E-state index is 11.6. The lowest BCUT2D eigenvalue weighted by atomic mass is 10.0. The first kappa shape index (κ1) is 12.9. The molecule has 0 aromatic carbocycles. The maximum Gasteiger partial charge on any atom is 0.337 e. The molecule has 4 N–H and O–H groups in total. The molecule has 0 spiro atoms. The first-order chi connectivity index (χ1) is 7.43. The molecule has 6 nitrogen and oxygen atoms in total. The lowest BCUT2D eigenvalue weighted by Gasteiger charge is -2.24. The van der Waals surface area contributed by atoms with E-state index in [-0.39, 0.29) is 18.5 Å². The van der Waals surface area contributed by atoms with Crippen molar-refractivity contribution < 1.29 is 19.8 Å². The van der Waals surface area contributed by atoms with Gasteiger partial charge in [0.25, 0.3) is 0 Å². The molecule has 0 aromatic rings. The molecule has 0 saturated carbocycles. The molecule has 1 rings (SSSR count). The van der Waals surface area contributed by atoms with Crippen molar-refractivity contribution >= 4 is 11.9 Å². The first-order valence-corrected chi connectivity index (χ1v) is 5.40. The highest BCUT2D eigenvalue weighted by Gasteiger charge is 2.31. The van der Waals surface area contributed by atoms with Crippen molar-refractivity contribution in [3.8, 4) is 0 Å². The third kappa shape index (κ3) is 3.46. The van der Waals surface area contributed by atoms with E-state index >= 15 is 0 Å². The molecule has 0 bridgehead atoms. The van der Waals surface area contributed by atoms with E-state index in [1.54, 1.807) is 0 Å². The van der Waals surface area contributed by atoms with Crippen LogP contribution in [0.15, 0.2) is 0 Å². The molecule has 1 aliphatic heterocycles. The van der Waals surface area contributed by atoms with E-state index in [1.165, 1.54) is 0 Å². The summed E-state index contributed by atoms with van der Waals surface area (Å²) in [5.41, 5.74) is -1.91.